The highest BCUT2D eigenvalue weighted by molar-refractivity contribution is 6.11. The van der Waals surface area contributed by atoms with E-state index < -0.39 is 0 Å². The lowest BCUT2D eigenvalue weighted by Gasteiger charge is -2.28. The van der Waals surface area contributed by atoms with Gasteiger partial charge in [-0.25, -0.2) is 4.98 Å². The van der Waals surface area contributed by atoms with Gasteiger partial charge in [0.05, 0.1) is 28.1 Å². The van der Waals surface area contributed by atoms with Gasteiger partial charge >= 0.3 is 0 Å². The van der Waals surface area contributed by atoms with Crippen LogP contribution >= 0.6 is 0 Å². The first-order chi connectivity index (χ1) is 27.8. The Hall–Kier alpha value is -6.53. The number of furan rings is 1. The minimum absolute atomic E-state index is 0.0141. The first-order valence-corrected chi connectivity index (χ1v) is 20.2. The number of hydrogen-bond donors (Lipinski definition) is 0. The molecule has 1 aliphatic rings. The molecule has 1 aliphatic heterocycles. The number of para-hydroxylation sites is 4. The zero-order valence-electron chi connectivity index (χ0n) is 34.5. The minimum Gasteiger partial charge on any atom is -0.457 e. The van der Waals surface area contributed by atoms with Crippen LogP contribution in [0.1, 0.15) is 63.8 Å². The lowest BCUT2D eigenvalue weighted by Crippen LogP contribution is -2.25. The van der Waals surface area contributed by atoms with Crippen molar-refractivity contribution in [2.24, 2.45) is 0 Å². The molecule has 6 aromatic carbocycles. The Morgan fingerprint density at radius 3 is 1.95 bits per heavy atom. The van der Waals surface area contributed by atoms with Crippen LogP contribution in [0.3, 0.4) is 0 Å². The van der Waals surface area contributed by atoms with Gasteiger partial charge in [0.2, 0.25) is 0 Å². The fraction of sp³-hybridized carbons (Fsp3) is 0.212. The molecule has 0 unspecified atom stereocenters. The van der Waals surface area contributed by atoms with Gasteiger partial charge < -0.3 is 19.0 Å². The topological polar surface area (TPSA) is 46.7 Å². The van der Waals surface area contributed by atoms with Crippen molar-refractivity contribution < 1.29 is 9.15 Å². The first kappa shape index (κ1) is 35.9. The van der Waals surface area contributed by atoms with Gasteiger partial charge in [-0.1, -0.05) is 102 Å². The second-order valence-electron chi connectivity index (χ2n) is 17.9. The van der Waals surface area contributed by atoms with Gasteiger partial charge in [0.1, 0.15) is 29.6 Å². The van der Waals surface area contributed by atoms with Crippen LogP contribution in [0, 0.1) is 13.8 Å². The molecule has 0 aliphatic carbocycles. The van der Waals surface area contributed by atoms with E-state index in [9.17, 15) is 0 Å². The SMILES string of the molecule is Cc1cc(C(C)(C)C)cc(C)c1N1CN(c2cc(Oc3ccc4c5ccccc5n(-c5cc(C(C)(C)C)ccn5)c4c3)cc3c2oc2ccccc23)c2ccccc21. The fourth-order valence-electron chi connectivity index (χ4n) is 8.87. The summed E-state index contributed by atoms with van der Waals surface area (Å²) in [6.45, 7) is 18.7. The summed E-state index contributed by atoms with van der Waals surface area (Å²) in [7, 11) is 0. The molecule has 0 saturated carbocycles. The number of aryl methyl sites for hydroxylation is 2. The summed E-state index contributed by atoms with van der Waals surface area (Å²) in [5.74, 6) is 2.37. The average molecular weight is 761 g/mol. The molecule has 0 saturated heterocycles. The van der Waals surface area contributed by atoms with E-state index in [1.165, 1.54) is 33.3 Å². The molecule has 0 bridgehead atoms. The Kier molecular flexibility index (Phi) is 8.04. The van der Waals surface area contributed by atoms with Gasteiger partial charge in [-0.3, -0.25) is 4.57 Å². The number of fused-ring (bicyclic) bond motifs is 7. The third kappa shape index (κ3) is 5.81. The van der Waals surface area contributed by atoms with E-state index in [4.69, 9.17) is 14.1 Å². The molecule has 6 heteroatoms. The monoisotopic (exact) mass is 760 g/mol. The minimum atomic E-state index is -0.0141. The number of pyridine rings is 1. The maximum atomic E-state index is 6.94. The molecule has 0 spiro atoms. The summed E-state index contributed by atoms with van der Waals surface area (Å²) in [5.41, 5.74) is 13.5. The summed E-state index contributed by atoms with van der Waals surface area (Å²) in [6, 6.07) is 45.2. The Labute approximate surface area is 339 Å². The van der Waals surface area contributed by atoms with Crippen molar-refractivity contribution in [3.05, 3.63) is 156 Å². The van der Waals surface area contributed by atoms with Crippen LogP contribution in [0.25, 0.3) is 49.6 Å². The Morgan fingerprint density at radius 2 is 1.21 bits per heavy atom. The van der Waals surface area contributed by atoms with Crippen molar-refractivity contribution in [2.75, 3.05) is 16.5 Å². The van der Waals surface area contributed by atoms with Gasteiger partial charge in [0.25, 0.3) is 0 Å². The third-order valence-electron chi connectivity index (χ3n) is 11.8. The third-order valence-corrected chi connectivity index (χ3v) is 11.8. The van der Waals surface area contributed by atoms with Crippen molar-refractivity contribution in [3.8, 4) is 17.3 Å². The van der Waals surface area contributed by atoms with Crippen molar-refractivity contribution in [1.29, 1.82) is 0 Å². The second kappa shape index (κ2) is 13.0. The normalized spacial score (nSPS) is 13.4. The van der Waals surface area contributed by atoms with Crippen molar-refractivity contribution >= 4 is 66.5 Å². The largest absolute Gasteiger partial charge is 0.457 e. The smallest absolute Gasteiger partial charge is 0.159 e. The van der Waals surface area contributed by atoms with E-state index in [0.717, 1.165) is 72.7 Å². The summed E-state index contributed by atoms with van der Waals surface area (Å²) >= 11 is 0. The standard InChI is InChI=1S/C52H48N4O2/c1-32-25-35(52(6,7)8)26-33(2)49(32)55-31-54(43-18-12-13-19-44(43)55)46-30-37(28-41-40-16-10-14-20-47(40)58-50(41)46)57-36-21-22-39-38-15-9-11-17-42(38)56(45(39)29-36)48-27-34(23-24-53-48)51(3,4)5/h9-30H,31H2,1-8H3. The van der Waals surface area contributed by atoms with Crippen molar-refractivity contribution in [1.82, 2.24) is 9.55 Å². The molecule has 0 amide bonds. The maximum Gasteiger partial charge on any atom is 0.159 e. The zero-order chi connectivity index (χ0) is 40.1. The lowest BCUT2D eigenvalue weighted by atomic mass is 9.84. The molecule has 288 valence electrons. The van der Waals surface area contributed by atoms with Gasteiger partial charge in [0.15, 0.2) is 5.58 Å². The van der Waals surface area contributed by atoms with E-state index >= 15 is 0 Å². The fourth-order valence-corrected chi connectivity index (χ4v) is 8.87. The summed E-state index contributed by atoms with van der Waals surface area (Å²) in [6.07, 6.45) is 1.92. The number of anilines is 4. The van der Waals surface area contributed by atoms with Crippen LogP contribution in [0.5, 0.6) is 11.5 Å². The van der Waals surface area contributed by atoms with E-state index in [1.54, 1.807) is 0 Å². The highest BCUT2D eigenvalue weighted by Crippen LogP contribution is 2.50. The lowest BCUT2D eigenvalue weighted by molar-refractivity contribution is 0.484. The second-order valence-corrected chi connectivity index (χ2v) is 17.9. The van der Waals surface area contributed by atoms with Crippen LogP contribution in [-0.2, 0) is 10.8 Å². The number of ether oxygens (including phenoxy) is 1. The van der Waals surface area contributed by atoms with Crippen LogP contribution in [0.15, 0.2) is 138 Å². The predicted octanol–water partition coefficient (Wildman–Crippen LogP) is 14.3. The van der Waals surface area contributed by atoms with Gasteiger partial charge in [0, 0.05) is 45.6 Å². The summed E-state index contributed by atoms with van der Waals surface area (Å²) in [5, 5.41) is 4.40. The highest BCUT2D eigenvalue weighted by atomic mass is 16.5. The molecule has 0 radical (unpaired) electrons. The van der Waals surface area contributed by atoms with E-state index in [1.807, 2.05) is 18.3 Å². The summed E-state index contributed by atoms with van der Waals surface area (Å²) < 4.78 is 15.9. The Bertz CT molecular complexity index is 3060. The predicted molar refractivity (Wildman–Crippen MR) is 241 cm³/mol. The van der Waals surface area contributed by atoms with Gasteiger partial charge in [-0.05, 0) is 102 Å². The molecule has 10 rings (SSSR count). The van der Waals surface area contributed by atoms with Crippen molar-refractivity contribution in [2.45, 2.75) is 66.2 Å². The molecule has 0 atom stereocenters. The molecule has 9 aromatic rings. The van der Waals surface area contributed by atoms with E-state index in [0.29, 0.717) is 6.67 Å². The van der Waals surface area contributed by atoms with E-state index in [2.05, 4.69) is 185 Å². The molecule has 58 heavy (non-hydrogen) atoms. The van der Waals surface area contributed by atoms with Crippen LogP contribution < -0.4 is 14.5 Å². The number of aromatic nitrogens is 2. The number of hydrogen-bond acceptors (Lipinski definition) is 5. The van der Waals surface area contributed by atoms with Crippen molar-refractivity contribution in [3.63, 3.8) is 0 Å². The molecule has 0 N–H and O–H groups in total. The molecule has 6 nitrogen and oxygen atoms in total. The zero-order valence-corrected chi connectivity index (χ0v) is 34.5. The number of benzene rings is 6. The van der Waals surface area contributed by atoms with Crippen LogP contribution in [0.2, 0.25) is 0 Å². The van der Waals surface area contributed by atoms with E-state index in [-0.39, 0.29) is 10.8 Å². The number of nitrogens with zero attached hydrogens (tertiary/aromatic N) is 4. The molecule has 3 aromatic heterocycles. The maximum absolute atomic E-state index is 6.94. The van der Waals surface area contributed by atoms with Gasteiger partial charge in [-0.2, -0.15) is 0 Å². The first-order valence-electron chi connectivity index (χ1n) is 20.2. The number of rotatable bonds is 5. The molecular formula is C52H48N4O2. The van der Waals surface area contributed by atoms with Gasteiger partial charge in [-0.15, -0.1) is 0 Å². The van der Waals surface area contributed by atoms with Crippen LogP contribution in [-0.4, -0.2) is 16.2 Å². The average Bonchev–Trinajstić information content (AvgIpc) is 3.87. The molecule has 4 heterocycles. The van der Waals surface area contributed by atoms with Crippen LogP contribution in [0.4, 0.5) is 22.7 Å². The Balaban J connectivity index is 1.12. The molecule has 0 fully saturated rings. The quantitative estimate of drug-likeness (QED) is 0.175. The highest BCUT2D eigenvalue weighted by Gasteiger charge is 2.32. The Morgan fingerprint density at radius 1 is 0.552 bits per heavy atom. The molecular weight excluding hydrogens is 713 g/mol. The summed E-state index contributed by atoms with van der Waals surface area (Å²) in [4.78, 5) is 9.72.